The molecule has 0 unspecified atom stereocenters. The molecule has 1 heteroatoms. The topological polar surface area (TPSA) is 20.2 Å². The van der Waals surface area contributed by atoms with Gasteiger partial charge in [-0.05, 0) is 40.8 Å². The third kappa shape index (κ3) is 2.79. The van der Waals surface area contributed by atoms with Crippen molar-refractivity contribution in [1.29, 1.82) is 0 Å². The monoisotopic (exact) mass is 286 g/mol. The first kappa shape index (κ1) is 14.2. The van der Waals surface area contributed by atoms with Crippen LogP contribution in [0.5, 0.6) is 5.75 Å². The molecule has 0 heterocycles. The van der Waals surface area contributed by atoms with Gasteiger partial charge in [0, 0.05) is 5.56 Å². The second-order valence-corrected chi connectivity index (χ2v) is 5.25. The Balaban J connectivity index is 2.17. The molecule has 0 fully saturated rings. The fourth-order valence-corrected chi connectivity index (χ4v) is 2.69. The number of phenols is 1. The van der Waals surface area contributed by atoms with Crippen LogP contribution in [0.4, 0.5) is 0 Å². The molecule has 0 radical (unpaired) electrons. The molecule has 0 saturated heterocycles. The minimum atomic E-state index is 0.304. The van der Waals surface area contributed by atoms with E-state index in [0.29, 0.717) is 5.75 Å². The van der Waals surface area contributed by atoms with Crippen LogP contribution in [0.3, 0.4) is 0 Å². The third-order valence-electron chi connectivity index (χ3n) is 3.76. The highest BCUT2D eigenvalue weighted by atomic mass is 16.3. The molecule has 0 aromatic heterocycles. The molecule has 0 aliphatic rings. The zero-order valence-electron chi connectivity index (χ0n) is 12.4. The normalized spacial score (nSPS) is 10.4. The predicted octanol–water partition coefficient (Wildman–Crippen LogP) is 5.45. The van der Waals surface area contributed by atoms with E-state index < -0.39 is 0 Å². The van der Waals surface area contributed by atoms with Crippen molar-refractivity contribution in [3.63, 3.8) is 0 Å². The summed E-state index contributed by atoms with van der Waals surface area (Å²) in [7, 11) is 0. The summed E-state index contributed by atoms with van der Waals surface area (Å²) in [6.45, 7) is 3.85. The van der Waals surface area contributed by atoms with Gasteiger partial charge in [-0.3, -0.25) is 0 Å². The molecule has 0 spiro atoms. The number of aromatic hydroxyl groups is 1. The summed E-state index contributed by atoms with van der Waals surface area (Å²) in [5.41, 5.74) is 5.20. The maximum atomic E-state index is 10.5. The zero-order chi connectivity index (χ0) is 15.4. The smallest absolute Gasteiger partial charge is 0.124 e. The van der Waals surface area contributed by atoms with Crippen LogP contribution >= 0.6 is 0 Å². The van der Waals surface area contributed by atoms with Crippen LogP contribution < -0.4 is 0 Å². The number of hydrogen-bond donors (Lipinski definition) is 1. The van der Waals surface area contributed by atoms with Crippen LogP contribution in [-0.4, -0.2) is 5.11 Å². The third-order valence-corrected chi connectivity index (χ3v) is 3.76. The van der Waals surface area contributed by atoms with Gasteiger partial charge in [0.2, 0.25) is 0 Å². The molecule has 0 aliphatic heterocycles. The number of hydrogen-bond acceptors (Lipinski definition) is 1. The van der Waals surface area contributed by atoms with Gasteiger partial charge < -0.3 is 5.11 Å². The predicted molar refractivity (Wildman–Crippen MR) is 92.9 cm³/mol. The van der Waals surface area contributed by atoms with Crippen LogP contribution in [0.25, 0.3) is 22.3 Å². The largest absolute Gasteiger partial charge is 0.507 e. The second kappa shape index (κ2) is 6.31. The van der Waals surface area contributed by atoms with E-state index >= 15 is 0 Å². The molecule has 1 N–H and O–H groups in total. The highest BCUT2D eigenvalue weighted by molar-refractivity contribution is 5.78. The van der Waals surface area contributed by atoms with Gasteiger partial charge in [-0.1, -0.05) is 66.7 Å². The molecule has 3 aromatic rings. The molecule has 1 nitrogen and oxygen atoms in total. The fourth-order valence-electron chi connectivity index (χ4n) is 2.69. The number of benzene rings is 3. The van der Waals surface area contributed by atoms with E-state index in [4.69, 9.17) is 0 Å². The van der Waals surface area contributed by atoms with E-state index in [0.717, 1.165) is 34.2 Å². The first-order chi connectivity index (χ1) is 10.8. The van der Waals surface area contributed by atoms with E-state index in [1.54, 1.807) is 0 Å². The number of allylic oxidation sites excluding steroid dienone is 1. The summed E-state index contributed by atoms with van der Waals surface area (Å²) in [6.07, 6.45) is 2.66. The van der Waals surface area contributed by atoms with Crippen LogP contribution in [0.1, 0.15) is 5.56 Å². The average molecular weight is 286 g/mol. The van der Waals surface area contributed by atoms with E-state index in [1.807, 2.05) is 60.7 Å². The minimum absolute atomic E-state index is 0.304. The summed E-state index contributed by atoms with van der Waals surface area (Å²) in [5.74, 6) is 0.304. The van der Waals surface area contributed by atoms with E-state index in [1.165, 1.54) is 0 Å². The molecular formula is C21H18O. The van der Waals surface area contributed by atoms with Gasteiger partial charge in [0.05, 0.1) is 0 Å². The van der Waals surface area contributed by atoms with Crippen molar-refractivity contribution < 1.29 is 5.11 Å². The zero-order valence-corrected chi connectivity index (χ0v) is 12.4. The Morgan fingerprint density at radius 1 is 0.773 bits per heavy atom. The fraction of sp³-hybridized carbons (Fsp3) is 0.0476. The Hall–Kier alpha value is -2.80. The Morgan fingerprint density at radius 2 is 1.32 bits per heavy atom. The maximum absolute atomic E-state index is 10.5. The Kier molecular flexibility index (Phi) is 4.06. The molecule has 22 heavy (non-hydrogen) atoms. The van der Waals surface area contributed by atoms with E-state index in [9.17, 15) is 5.11 Å². The van der Waals surface area contributed by atoms with E-state index in [2.05, 4.69) is 24.8 Å². The molecule has 0 aliphatic carbocycles. The molecule has 0 amide bonds. The van der Waals surface area contributed by atoms with Crippen molar-refractivity contribution >= 4 is 0 Å². The van der Waals surface area contributed by atoms with Crippen molar-refractivity contribution in [2.24, 2.45) is 0 Å². The summed E-state index contributed by atoms with van der Waals surface area (Å²) in [5, 5.41) is 10.5. The first-order valence-electron chi connectivity index (χ1n) is 7.37. The van der Waals surface area contributed by atoms with Gasteiger partial charge in [-0.2, -0.15) is 0 Å². The lowest BCUT2D eigenvalue weighted by Crippen LogP contribution is -1.91. The summed E-state index contributed by atoms with van der Waals surface area (Å²) in [6, 6.07) is 24.0. The van der Waals surface area contributed by atoms with E-state index in [-0.39, 0.29) is 0 Å². The highest BCUT2D eigenvalue weighted by Crippen LogP contribution is 2.36. The Morgan fingerprint density at radius 3 is 1.86 bits per heavy atom. The Bertz CT molecular complexity index is 774. The summed E-state index contributed by atoms with van der Waals surface area (Å²) >= 11 is 0. The van der Waals surface area contributed by atoms with Crippen molar-refractivity contribution in [2.75, 3.05) is 0 Å². The lowest BCUT2D eigenvalue weighted by atomic mass is 9.92. The number of phenolic OH excluding ortho intramolecular Hbond substituents is 1. The number of rotatable bonds is 4. The summed E-state index contributed by atoms with van der Waals surface area (Å²) < 4.78 is 0. The maximum Gasteiger partial charge on any atom is 0.124 e. The minimum Gasteiger partial charge on any atom is -0.507 e. The van der Waals surface area contributed by atoms with Crippen LogP contribution in [0.15, 0.2) is 85.5 Å². The lowest BCUT2D eigenvalue weighted by molar-refractivity contribution is 0.477. The van der Waals surface area contributed by atoms with Gasteiger partial charge in [0.25, 0.3) is 0 Å². The van der Waals surface area contributed by atoms with Crippen molar-refractivity contribution in [3.8, 4) is 28.0 Å². The Labute approximate surface area is 131 Å². The van der Waals surface area contributed by atoms with Crippen LogP contribution in [0.2, 0.25) is 0 Å². The molecule has 0 atom stereocenters. The molecule has 3 rings (SSSR count). The van der Waals surface area contributed by atoms with Crippen molar-refractivity contribution in [3.05, 3.63) is 91.0 Å². The SMILES string of the molecule is C=CCc1cc(-c2ccccc2)c(O)cc1-c1ccccc1. The van der Waals surface area contributed by atoms with Crippen LogP contribution in [-0.2, 0) is 6.42 Å². The van der Waals surface area contributed by atoms with Crippen molar-refractivity contribution in [2.45, 2.75) is 6.42 Å². The first-order valence-corrected chi connectivity index (χ1v) is 7.37. The molecule has 108 valence electrons. The van der Waals surface area contributed by atoms with Gasteiger partial charge in [0.1, 0.15) is 5.75 Å². The molecule has 3 aromatic carbocycles. The molecule has 0 bridgehead atoms. The van der Waals surface area contributed by atoms with Gasteiger partial charge >= 0.3 is 0 Å². The molecule has 0 saturated carbocycles. The second-order valence-electron chi connectivity index (χ2n) is 5.25. The van der Waals surface area contributed by atoms with Gasteiger partial charge in [-0.25, -0.2) is 0 Å². The molecular weight excluding hydrogens is 268 g/mol. The van der Waals surface area contributed by atoms with Gasteiger partial charge in [-0.15, -0.1) is 6.58 Å². The van der Waals surface area contributed by atoms with Crippen LogP contribution in [0, 0.1) is 0 Å². The average Bonchev–Trinajstić information content (AvgIpc) is 2.58. The van der Waals surface area contributed by atoms with Crippen molar-refractivity contribution in [1.82, 2.24) is 0 Å². The quantitative estimate of drug-likeness (QED) is 0.632. The lowest BCUT2D eigenvalue weighted by Gasteiger charge is -2.13. The highest BCUT2D eigenvalue weighted by Gasteiger charge is 2.11. The van der Waals surface area contributed by atoms with Gasteiger partial charge in [0.15, 0.2) is 0 Å². The standard InChI is InChI=1S/C21H18O/c1-2-9-18-14-20(17-12-7-4-8-13-17)21(22)15-19(18)16-10-5-3-6-11-16/h2-8,10-15,22H,1,9H2. The summed E-state index contributed by atoms with van der Waals surface area (Å²) in [4.78, 5) is 0.